The summed E-state index contributed by atoms with van der Waals surface area (Å²) in [7, 11) is 2.97. The van der Waals surface area contributed by atoms with Gasteiger partial charge < -0.3 is 19.5 Å². The molecule has 6 nitrogen and oxygen atoms in total. The molecule has 3 rings (SSSR count). The Bertz CT molecular complexity index is 702. The molecule has 0 aliphatic carbocycles. The minimum absolute atomic E-state index is 0.185. The van der Waals surface area contributed by atoms with Gasteiger partial charge in [0.15, 0.2) is 0 Å². The van der Waals surface area contributed by atoms with E-state index in [1.165, 1.54) is 14.2 Å². The first-order valence-corrected chi connectivity index (χ1v) is 6.84. The third-order valence-corrected chi connectivity index (χ3v) is 3.49. The lowest BCUT2D eigenvalue weighted by Gasteiger charge is -2.13. The van der Waals surface area contributed by atoms with E-state index < -0.39 is 0 Å². The van der Waals surface area contributed by atoms with Gasteiger partial charge in [-0.25, -0.2) is 0 Å². The summed E-state index contributed by atoms with van der Waals surface area (Å²) in [6, 6.07) is 10.7. The maximum Gasteiger partial charge on any atom is 0.257 e. The summed E-state index contributed by atoms with van der Waals surface area (Å²) in [4.78, 5) is 16.6. The summed E-state index contributed by atoms with van der Waals surface area (Å²) in [5.41, 5.74) is 1.32. The monoisotopic (exact) mass is 300 g/mol. The molecule has 22 heavy (non-hydrogen) atoms. The van der Waals surface area contributed by atoms with Crippen molar-refractivity contribution in [1.82, 2.24) is 10.3 Å². The first-order valence-electron chi connectivity index (χ1n) is 6.84. The SMILES string of the molecule is COc1ccc(C(=O)N[C@@H]2COc3ccccc32)c(OC)n1. The molecule has 0 spiro atoms. The Kier molecular flexibility index (Phi) is 3.82. The second-order valence-corrected chi connectivity index (χ2v) is 4.79. The van der Waals surface area contributed by atoms with E-state index in [2.05, 4.69) is 10.3 Å². The molecule has 1 aromatic carbocycles. The highest BCUT2D eigenvalue weighted by atomic mass is 16.5. The molecule has 0 radical (unpaired) electrons. The van der Waals surface area contributed by atoms with E-state index in [9.17, 15) is 4.79 Å². The second-order valence-electron chi connectivity index (χ2n) is 4.79. The summed E-state index contributed by atoms with van der Waals surface area (Å²) >= 11 is 0. The van der Waals surface area contributed by atoms with E-state index in [-0.39, 0.29) is 17.8 Å². The molecule has 2 heterocycles. The number of nitrogens with one attached hydrogen (secondary N) is 1. The van der Waals surface area contributed by atoms with Gasteiger partial charge in [-0.15, -0.1) is 0 Å². The normalized spacial score (nSPS) is 15.6. The molecule has 1 N–H and O–H groups in total. The highest BCUT2D eigenvalue weighted by Gasteiger charge is 2.26. The number of carbonyl (C=O) groups excluding carboxylic acids is 1. The predicted octanol–water partition coefficient (Wildman–Crippen LogP) is 1.96. The maximum absolute atomic E-state index is 12.5. The first kappa shape index (κ1) is 14.2. The standard InChI is InChI=1S/C16H16N2O4/c1-20-14-8-7-11(16(18-14)21-2)15(19)17-12-9-22-13-6-4-3-5-10(12)13/h3-8,12H,9H2,1-2H3,(H,17,19)/t12-/m1/s1. The Balaban J connectivity index is 1.81. The zero-order chi connectivity index (χ0) is 15.5. The molecule has 114 valence electrons. The number of benzene rings is 1. The summed E-state index contributed by atoms with van der Waals surface area (Å²) in [5, 5.41) is 2.94. The van der Waals surface area contributed by atoms with Crippen molar-refractivity contribution in [3.63, 3.8) is 0 Å². The number of carbonyl (C=O) groups is 1. The Morgan fingerprint density at radius 2 is 2.05 bits per heavy atom. The van der Waals surface area contributed by atoms with E-state index in [0.29, 0.717) is 18.1 Å². The number of hydrogen-bond acceptors (Lipinski definition) is 5. The third-order valence-electron chi connectivity index (χ3n) is 3.49. The number of ether oxygens (including phenoxy) is 3. The molecule has 1 aliphatic rings. The smallest absolute Gasteiger partial charge is 0.257 e. The summed E-state index contributed by atoms with van der Waals surface area (Å²) < 4.78 is 15.7. The van der Waals surface area contributed by atoms with Crippen molar-refractivity contribution < 1.29 is 19.0 Å². The van der Waals surface area contributed by atoms with Crippen molar-refractivity contribution in [3.05, 3.63) is 47.5 Å². The van der Waals surface area contributed by atoms with Crippen molar-refractivity contribution in [2.45, 2.75) is 6.04 Å². The molecule has 0 bridgehead atoms. The molecule has 0 saturated heterocycles. The van der Waals surface area contributed by atoms with E-state index in [1.54, 1.807) is 12.1 Å². The Labute approximate surface area is 128 Å². The fourth-order valence-electron chi connectivity index (χ4n) is 2.38. The van der Waals surface area contributed by atoms with Gasteiger partial charge in [-0.05, 0) is 12.1 Å². The van der Waals surface area contributed by atoms with Crippen LogP contribution in [-0.2, 0) is 0 Å². The molecule has 1 aliphatic heterocycles. The van der Waals surface area contributed by atoms with Gasteiger partial charge >= 0.3 is 0 Å². The largest absolute Gasteiger partial charge is 0.491 e. The van der Waals surface area contributed by atoms with Crippen molar-refractivity contribution in [3.8, 4) is 17.5 Å². The van der Waals surface area contributed by atoms with Crippen molar-refractivity contribution in [2.24, 2.45) is 0 Å². The van der Waals surface area contributed by atoms with Crippen LogP contribution in [-0.4, -0.2) is 31.7 Å². The molecule has 0 unspecified atom stereocenters. The lowest BCUT2D eigenvalue weighted by molar-refractivity contribution is 0.0926. The van der Waals surface area contributed by atoms with Gasteiger partial charge in [-0.1, -0.05) is 18.2 Å². The molecule has 0 saturated carbocycles. The van der Waals surface area contributed by atoms with E-state index >= 15 is 0 Å². The minimum atomic E-state index is -0.266. The van der Waals surface area contributed by atoms with Gasteiger partial charge in [0.05, 0.1) is 20.3 Å². The zero-order valence-electron chi connectivity index (χ0n) is 12.3. The highest BCUT2D eigenvalue weighted by Crippen LogP contribution is 2.32. The molecule has 1 aromatic heterocycles. The van der Waals surface area contributed by atoms with Gasteiger partial charge in [-0.3, -0.25) is 4.79 Å². The molecule has 0 fully saturated rings. The van der Waals surface area contributed by atoms with Crippen LogP contribution >= 0.6 is 0 Å². The van der Waals surface area contributed by atoms with Crippen LogP contribution in [0.25, 0.3) is 0 Å². The first-order chi connectivity index (χ1) is 10.7. The third kappa shape index (κ3) is 2.55. The van der Waals surface area contributed by atoms with Crippen LogP contribution in [0.15, 0.2) is 36.4 Å². The number of pyridine rings is 1. The van der Waals surface area contributed by atoms with Gasteiger partial charge in [0, 0.05) is 11.6 Å². The number of para-hydroxylation sites is 1. The molecule has 6 heteroatoms. The lowest BCUT2D eigenvalue weighted by Crippen LogP contribution is -2.29. The van der Waals surface area contributed by atoms with Gasteiger partial charge in [0.25, 0.3) is 5.91 Å². The van der Waals surface area contributed by atoms with E-state index in [4.69, 9.17) is 14.2 Å². The van der Waals surface area contributed by atoms with Crippen LogP contribution in [0.5, 0.6) is 17.5 Å². The number of nitrogens with zero attached hydrogens (tertiary/aromatic N) is 1. The quantitative estimate of drug-likeness (QED) is 0.934. The predicted molar refractivity (Wildman–Crippen MR) is 79.5 cm³/mol. The Morgan fingerprint density at radius 3 is 2.82 bits per heavy atom. The van der Waals surface area contributed by atoms with Gasteiger partial charge in [0.1, 0.15) is 17.9 Å². The number of amides is 1. The summed E-state index contributed by atoms with van der Waals surface area (Å²) in [6.07, 6.45) is 0. The number of hydrogen-bond donors (Lipinski definition) is 1. The Morgan fingerprint density at radius 1 is 1.23 bits per heavy atom. The number of fused-ring (bicyclic) bond motifs is 1. The van der Waals surface area contributed by atoms with Crippen LogP contribution in [0, 0.1) is 0 Å². The zero-order valence-corrected chi connectivity index (χ0v) is 12.3. The Hall–Kier alpha value is -2.76. The van der Waals surface area contributed by atoms with Crippen LogP contribution < -0.4 is 19.5 Å². The summed E-state index contributed by atoms with van der Waals surface area (Å²) in [5.74, 6) is 1.15. The fraction of sp³-hybridized carbons (Fsp3) is 0.250. The van der Waals surface area contributed by atoms with Crippen molar-refractivity contribution in [2.75, 3.05) is 20.8 Å². The summed E-state index contributed by atoms with van der Waals surface area (Å²) in [6.45, 7) is 0.414. The number of methoxy groups -OCH3 is 2. The van der Waals surface area contributed by atoms with Crippen LogP contribution in [0.4, 0.5) is 0 Å². The van der Waals surface area contributed by atoms with E-state index in [0.717, 1.165) is 11.3 Å². The molecular weight excluding hydrogens is 284 g/mol. The molecule has 1 atom stereocenters. The molecule has 1 amide bonds. The second kappa shape index (κ2) is 5.93. The minimum Gasteiger partial charge on any atom is -0.491 e. The fourth-order valence-corrected chi connectivity index (χ4v) is 2.38. The maximum atomic E-state index is 12.5. The molecule has 2 aromatic rings. The van der Waals surface area contributed by atoms with E-state index in [1.807, 2.05) is 24.3 Å². The van der Waals surface area contributed by atoms with Crippen LogP contribution in [0.3, 0.4) is 0 Å². The average Bonchev–Trinajstić information content (AvgIpc) is 2.97. The lowest BCUT2D eigenvalue weighted by atomic mass is 10.1. The van der Waals surface area contributed by atoms with Crippen LogP contribution in [0.2, 0.25) is 0 Å². The van der Waals surface area contributed by atoms with Crippen molar-refractivity contribution in [1.29, 1.82) is 0 Å². The van der Waals surface area contributed by atoms with Crippen molar-refractivity contribution >= 4 is 5.91 Å². The average molecular weight is 300 g/mol. The van der Waals surface area contributed by atoms with Gasteiger partial charge in [0.2, 0.25) is 11.8 Å². The number of aromatic nitrogens is 1. The highest BCUT2D eigenvalue weighted by molar-refractivity contribution is 5.96. The topological polar surface area (TPSA) is 69.7 Å². The number of rotatable bonds is 4. The van der Waals surface area contributed by atoms with Gasteiger partial charge in [-0.2, -0.15) is 4.98 Å². The molecular formula is C16H16N2O4. The van der Waals surface area contributed by atoms with Crippen LogP contribution in [0.1, 0.15) is 22.0 Å².